The fourth-order valence-electron chi connectivity index (χ4n) is 2.91. The average molecular weight is 437 g/mol. The van der Waals surface area contributed by atoms with Crippen LogP contribution in [0.3, 0.4) is 0 Å². The van der Waals surface area contributed by atoms with E-state index in [2.05, 4.69) is 0 Å². The molecule has 1 aliphatic heterocycles. The first-order valence-electron chi connectivity index (χ1n) is 9.14. The molecule has 7 nitrogen and oxygen atoms in total. The summed E-state index contributed by atoms with van der Waals surface area (Å²) in [6.45, 7) is 8.53. The third kappa shape index (κ3) is 4.91. The van der Waals surface area contributed by atoms with Crippen LogP contribution in [0.4, 0.5) is 4.39 Å². The normalized spacial score (nSPS) is 17.7. The number of hydrogen-bond donors (Lipinski definition) is 0. The van der Waals surface area contributed by atoms with Crippen molar-refractivity contribution >= 4 is 21.0 Å². The number of ether oxygens (including phenoxy) is 2. The smallest absolute Gasteiger partial charge is 0.243 e. The van der Waals surface area contributed by atoms with E-state index in [0.717, 1.165) is 0 Å². The van der Waals surface area contributed by atoms with Gasteiger partial charge in [-0.15, -0.1) is 0 Å². The van der Waals surface area contributed by atoms with Crippen molar-refractivity contribution in [2.45, 2.75) is 43.9 Å². The molecular formula is C18H29FN2O5S2. The van der Waals surface area contributed by atoms with Crippen molar-refractivity contribution in [1.82, 2.24) is 8.61 Å². The maximum absolute atomic E-state index is 15.1. The molecule has 1 aromatic rings. The van der Waals surface area contributed by atoms with Gasteiger partial charge in [0.05, 0.1) is 41.0 Å². The molecule has 0 amide bonds. The molecule has 1 atom stereocenters. The van der Waals surface area contributed by atoms with Crippen LogP contribution in [0.1, 0.15) is 33.3 Å². The number of rotatable bonds is 7. The number of morpholine rings is 1. The van der Waals surface area contributed by atoms with Gasteiger partial charge in [0.25, 0.3) is 0 Å². The lowest BCUT2D eigenvalue weighted by molar-refractivity contribution is 0.0730. The molecular weight excluding hydrogens is 407 g/mol. The zero-order chi connectivity index (χ0) is 21.1. The molecule has 1 heterocycles. The molecule has 28 heavy (non-hydrogen) atoms. The van der Waals surface area contributed by atoms with Crippen LogP contribution in [0.25, 0.3) is 0 Å². The summed E-state index contributed by atoms with van der Waals surface area (Å²) in [6.07, 6.45) is 0. The zero-order valence-electron chi connectivity index (χ0n) is 17.0. The van der Waals surface area contributed by atoms with Gasteiger partial charge in [-0.2, -0.15) is 4.31 Å². The molecule has 1 fully saturated rings. The van der Waals surface area contributed by atoms with E-state index in [1.807, 2.05) is 20.8 Å². The van der Waals surface area contributed by atoms with Gasteiger partial charge in [0, 0.05) is 31.7 Å². The summed E-state index contributed by atoms with van der Waals surface area (Å²) >= 11 is 0. The molecule has 1 saturated heterocycles. The predicted molar refractivity (Wildman–Crippen MR) is 107 cm³/mol. The number of benzene rings is 1. The lowest BCUT2D eigenvalue weighted by Gasteiger charge is -2.30. The Kier molecular flexibility index (Phi) is 7.60. The van der Waals surface area contributed by atoms with E-state index in [9.17, 15) is 12.6 Å². The standard InChI is InChI=1S/C18H29FN2O5S2/c1-6-20(27(22)18(2,3)4)13-14-16(8-7-15(25-5)17(14)19)28(23,24)21-9-11-26-12-10-21/h7-8H,6,9-13H2,1-5H3. The number of hydrogen-bond acceptors (Lipinski definition) is 5. The Morgan fingerprint density at radius 2 is 1.89 bits per heavy atom. The predicted octanol–water partition coefficient (Wildman–Crippen LogP) is 2.14. The molecule has 0 radical (unpaired) electrons. The van der Waals surface area contributed by atoms with Crippen molar-refractivity contribution in [2.24, 2.45) is 0 Å². The number of sulfonamides is 1. The highest BCUT2D eigenvalue weighted by Gasteiger charge is 2.33. The molecule has 0 aromatic heterocycles. The number of methoxy groups -OCH3 is 1. The van der Waals surface area contributed by atoms with Gasteiger partial charge < -0.3 is 9.47 Å². The summed E-state index contributed by atoms with van der Waals surface area (Å²) in [7, 11) is -4.04. The van der Waals surface area contributed by atoms with Crippen molar-refractivity contribution < 1.29 is 26.5 Å². The fraction of sp³-hybridized carbons (Fsp3) is 0.667. The maximum Gasteiger partial charge on any atom is 0.243 e. The van der Waals surface area contributed by atoms with Gasteiger partial charge in [-0.3, -0.25) is 0 Å². The molecule has 0 saturated carbocycles. The summed E-state index contributed by atoms with van der Waals surface area (Å²) in [5, 5.41) is 0. The highest BCUT2D eigenvalue weighted by molar-refractivity contribution is 7.89. The molecule has 0 aliphatic carbocycles. The lowest BCUT2D eigenvalue weighted by atomic mass is 10.2. The zero-order valence-corrected chi connectivity index (χ0v) is 18.7. The first kappa shape index (κ1) is 23.2. The topological polar surface area (TPSA) is 76.2 Å². The molecule has 0 bridgehead atoms. The molecule has 2 rings (SSSR count). The third-order valence-electron chi connectivity index (χ3n) is 4.42. The van der Waals surface area contributed by atoms with Crippen LogP contribution < -0.4 is 4.74 Å². The van der Waals surface area contributed by atoms with E-state index in [1.165, 1.54) is 23.5 Å². The van der Waals surface area contributed by atoms with E-state index in [0.29, 0.717) is 19.8 Å². The van der Waals surface area contributed by atoms with Crippen LogP contribution in [0.2, 0.25) is 0 Å². The Hall–Kier alpha value is -1.07. The van der Waals surface area contributed by atoms with Crippen LogP contribution in [0, 0.1) is 5.82 Å². The van der Waals surface area contributed by atoms with Gasteiger partial charge in [0.15, 0.2) is 11.6 Å². The number of halogens is 1. The minimum Gasteiger partial charge on any atom is -0.494 e. The van der Waals surface area contributed by atoms with E-state index in [-0.39, 0.29) is 35.8 Å². The van der Waals surface area contributed by atoms with Gasteiger partial charge in [-0.05, 0) is 32.9 Å². The number of nitrogens with zero attached hydrogens (tertiary/aromatic N) is 2. The fourth-order valence-corrected chi connectivity index (χ4v) is 5.78. The summed E-state index contributed by atoms with van der Waals surface area (Å²) in [6, 6.07) is 2.67. The highest BCUT2D eigenvalue weighted by atomic mass is 32.2. The second-order valence-electron chi connectivity index (χ2n) is 7.39. The third-order valence-corrected chi connectivity index (χ3v) is 8.31. The Balaban J connectivity index is 2.53. The summed E-state index contributed by atoms with van der Waals surface area (Å²) in [5.41, 5.74) is -0.0368. The van der Waals surface area contributed by atoms with Gasteiger partial charge in [0.1, 0.15) is 0 Å². The molecule has 0 spiro atoms. The minimum absolute atomic E-state index is 0.0368. The Morgan fingerprint density at radius 3 is 2.39 bits per heavy atom. The Bertz CT molecular complexity index is 818. The summed E-state index contributed by atoms with van der Waals surface area (Å²) < 4.78 is 66.9. The Labute approximate surface area is 169 Å². The summed E-state index contributed by atoms with van der Waals surface area (Å²) in [5.74, 6) is -0.797. The molecule has 160 valence electrons. The molecule has 1 aliphatic rings. The van der Waals surface area contributed by atoms with Crippen molar-refractivity contribution in [3.63, 3.8) is 0 Å². The molecule has 1 unspecified atom stereocenters. The van der Waals surface area contributed by atoms with Crippen LogP contribution in [0.15, 0.2) is 17.0 Å². The monoisotopic (exact) mass is 436 g/mol. The quantitative estimate of drug-likeness (QED) is 0.655. The highest BCUT2D eigenvalue weighted by Crippen LogP contribution is 2.31. The van der Waals surface area contributed by atoms with E-state index in [4.69, 9.17) is 9.47 Å². The first-order chi connectivity index (χ1) is 13.0. The minimum atomic E-state index is -3.92. The Morgan fingerprint density at radius 1 is 1.29 bits per heavy atom. The van der Waals surface area contributed by atoms with Crippen LogP contribution >= 0.6 is 0 Å². The molecule has 1 aromatic carbocycles. The SMILES string of the molecule is CCN(Cc1c(S(=O)(=O)N2CCOCC2)ccc(OC)c1F)S(=O)C(C)(C)C. The van der Waals surface area contributed by atoms with Crippen LogP contribution in [0.5, 0.6) is 5.75 Å². The van der Waals surface area contributed by atoms with Gasteiger partial charge in [-0.25, -0.2) is 21.3 Å². The van der Waals surface area contributed by atoms with E-state index >= 15 is 4.39 Å². The van der Waals surface area contributed by atoms with Crippen LogP contribution in [-0.4, -0.2) is 65.9 Å². The maximum atomic E-state index is 15.1. The largest absolute Gasteiger partial charge is 0.494 e. The average Bonchev–Trinajstić information content (AvgIpc) is 2.66. The van der Waals surface area contributed by atoms with Gasteiger partial charge in [-0.1, -0.05) is 6.92 Å². The van der Waals surface area contributed by atoms with E-state index in [1.54, 1.807) is 11.2 Å². The second-order valence-corrected chi connectivity index (χ2v) is 11.5. The first-order valence-corrected chi connectivity index (χ1v) is 11.7. The molecule has 10 heteroatoms. The van der Waals surface area contributed by atoms with Crippen LogP contribution in [-0.2, 0) is 32.3 Å². The van der Waals surface area contributed by atoms with Gasteiger partial charge >= 0.3 is 0 Å². The van der Waals surface area contributed by atoms with Crippen molar-refractivity contribution in [3.8, 4) is 5.75 Å². The van der Waals surface area contributed by atoms with Crippen molar-refractivity contribution in [1.29, 1.82) is 0 Å². The van der Waals surface area contributed by atoms with Gasteiger partial charge in [0.2, 0.25) is 10.0 Å². The van der Waals surface area contributed by atoms with Crippen molar-refractivity contribution in [2.75, 3.05) is 40.0 Å². The van der Waals surface area contributed by atoms with Crippen molar-refractivity contribution in [3.05, 3.63) is 23.5 Å². The summed E-state index contributed by atoms with van der Waals surface area (Å²) in [4.78, 5) is -0.128. The second kappa shape index (κ2) is 9.17. The van der Waals surface area contributed by atoms with E-state index < -0.39 is 31.6 Å². The lowest BCUT2D eigenvalue weighted by Crippen LogP contribution is -2.41. The molecule has 0 N–H and O–H groups in total.